The minimum atomic E-state index is -1.17. The van der Waals surface area contributed by atoms with E-state index in [1.165, 1.54) is 11.3 Å². The third-order valence-electron chi connectivity index (χ3n) is 10.2. The average Bonchev–Trinajstić information content (AvgIpc) is 3.75. The Balaban J connectivity index is 1.44. The lowest BCUT2D eigenvalue weighted by atomic mass is 9.82. The second-order valence-corrected chi connectivity index (χ2v) is 16.0. The molecule has 2 N–H and O–H groups in total. The van der Waals surface area contributed by atoms with Gasteiger partial charge in [0.25, 0.3) is 0 Å². The third-order valence-corrected chi connectivity index (χ3v) is 11.1. The highest BCUT2D eigenvalue weighted by molar-refractivity contribution is 7.10. The fourth-order valence-corrected chi connectivity index (χ4v) is 8.50. The van der Waals surface area contributed by atoms with Gasteiger partial charge in [0.05, 0.1) is 19.3 Å². The van der Waals surface area contributed by atoms with Crippen LogP contribution in [0, 0.1) is 11.3 Å². The molecule has 0 spiro atoms. The van der Waals surface area contributed by atoms with Crippen LogP contribution in [-0.4, -0.2) is 113 Å². The number of hydrogen-bond donors (Lipinski definition) is 2. The molecule has 3 aliphatic rings. The van der Waals surface area contributed by atoms with Gasteiger partial charge >= 0.3 is 6.09 Å². The van der Waals surface area contributed by atoms with Crippen LogP contribution in [0.5, 0.6) is 5.75 Å². The van der Waals surface area contributed by atoms with Crippen molar-refractivity contribution in [2.75, 3.05) is 39.9 Å². The smallest absolute Gasteiger partial charge is 0.407 e. The molecule has 274 valence electrons. The topological polar surface area (TPSA) is 142 Å². The molecule has 2 aromatic rings. The van der Waals surface area contributed by atoms with Crippen molar-refractivity contribution in [2.45, 2.75) is 103 Å². The molecular formula is C37H53N5O7S. The minimum absolute atomic E-state index is 0.0590. The Morgan fingerprint density at radius 3 is 2.40 bits per heavy atom. The number of methoxy groups -OCH3 is 1. The van der Waals surface area contributed by atoms with Crippen LogP contribution in [0.15, 0.2) is 29.6 Å². The number of amides is 3. The first-order valence-corrected chi connectivity index (χ1v) is 18.8. The number of nitrogens with zero attached hydrogens (tertiary/aromatic N) is 4. The van der Waals surface area contributed by atoms with Gasteiger partial charge in [-0.25, -0.2) is 9.78 Å². The number of rotatable bonds is 12. The summed E-state index contributed by atoms with van der Waals surface area (Å²) in [5.74, 6) is -0.289. The van der Waals surface area contributed by atoms with Crippen molar-refractivity contribution in [1.29, 1.82) is 0 Å². The number of nitrogens with one attached hydrogen (secondary N) is 1. The summed E-state index contributed by atoms with van der Waals surface area (Å²) in [4.78, 5) is 64.7. The molecule has 1 aromatic carbocycles. The number of thiazole rings is 1. The zero-order chi connectivity index (χ0) is 36.2. The summed E-state index contributed by atoms with van der Waals surface area (Å²) in [5, 5.41) is 15.5. The van der Waals surface area contributed by atoms with Gasteiger partial charge in [0, 0.05) is 49.8 Å². The van der Waals surface area contributed by atoms with E-state index in [4.69, 9.17) is 14.5 Å². The zero-order valence-electron chi connectivity index (χ0n) is 30.2. The monoisotopic (exact) mass is 711 g/mol. The Hall–Kier alpha value is -3.55. The van der Waals surface area contributed by atoms with Crippen molar-refractivity contribution < 1.29 is 33.8 Å². The second kappa shape index (κ2) is 16.2. The molecule has 2 saturated heterocycles. The van der Waals surface area contributed by atoms with Crippen molar-refractivity contribution in [3.05, 3.63) is 45.9 Å². The number of ether oxygens (including phenoxy) is 2. The van der Waals surface area contributed by atoms with Gasteiger partial charge in [-0.2, -0.15) is 0 Å². The van der Waals surface area contributed by atoms with Crippen LogP contribution in [-0.2, 0) is 14.3 Å². The van der Waals surface area contributed by atoms with Crippen LogP contribution in [0.2, 0.25) is 0 Å². The molecule has 0 unspecified atom stereocenters. The lowest BCUT2D eigenvalue weighted by Gasteiger charge is -2.45. The fourth-order valence-electron chi connectivity index (χ4n) is 7.60. The molecule has 1 aliphatic carbocycles. The number of benzene rings is 1. The van der Waals surface area contributed by atoms with E-state index >= 15 is 0 Å². The predicted molar refractivity (Wildman–Crippen MR) is 191 cm³/mol. The Morgan fingerprint density at radius 2 is 1.78 bits per heavy atom. The van der Waals surface area contributed by atoms with E-state index < -0.39 is 30.1 Å². The first-order chi connectivity index (χ1) is 23.8. The normalized spacial score (nSPS) is 22.8. The van der Waals surface area contributed by atoms with Crippen LogP contribution in [0.4, 0.5) is 4.79 Å². The third kappa shape index (κ3) is 8.84. The molecule has 0 bridgehead atoms. The molecule has 3 amide bonds. The van der Waals surface area contributed by atoms with Gasteiger partial charge in [0.2, 0.25) is 17.6 Å². The summed E-state index contributed by atoms with van der Waals surface area (Å²) in [6.07, 6.45) is 4.28. The molecule has 50 heavy (non-hydrogen) atoms. The maximum absolute atomic E-state index is 14.9. The number of carbonyl (C=O) groups excluding carboxylic acids is 3. The molecule has 1 saturated carbocycles. The first-order valence-electron chi connectivity index (χ1n) is 17.9. The lowest BCUT2D eigenvalue weighted by Crippen LogP contribution is -2.61. The highest BCUT2D eigenvalue weighted by Gasteiger charge is 2.46. The Morgan fingerprint density at radius 1 is 1.08 bits per heavy atom. The van der Waals surface area contributed by atoms with Gasteiger partial charge < -0.3 is 24.8 Å². The van der Waals surface area contributed by atoms with E-state index in [9.17, 15) is 24.3 Å². The Bertz CT molecular complexity index is 1500. The number of carbonyl (C=O) groups is 4. The summed E-state index contributed by atoms with van der Waals surface area (Å²) in [6, 6.07) is 4.77. The van der Waals surface area contributed by atoms with Crippen molar-refractivity contribution in [3.8, 4) is 5.75 Å². The van der Waals surface area contributed by atoms with Crippen LogP contribution in [0.25, 0.3) is 0 Å². The SMILES string of the molecule is CCO[C@@H]1C[C@@H]2CN(C(=O)[C@@H](NC(=O)[C@H](C)N(CC(C)(C)C)C(=O)O)C3CCCCC3)[C@H](c3nc(C(=O)c4ccc(OC)cc4)cs3)CN2C1. The summed E-state index contributed by atoms with van der Waals surface area (Å²) in [6.45, 7) is 11.8. The Labute approximate surface area is 299 Å². The van der Waals surface area contributed by atoms with Crippen LogP contribution < -0.4 is 10.1 Å². The predicted octanol–water partition coefficient (Wildman–Crippen LogP) is 5.23. The summed E-state index contributed by atoms with van der Waals surface area (Å²) >= 11 is 1.36. The highest BCUT2D eigenvalue weighted by Crippen LogP contribution is 2.37. The molecule has 13 heteroatoms. The van der Waals surface area contributed by atoms with Crippen LogP contribution >= 0.6 is 11.3 Å². The van der Waals surface area contributed by atoms with Gasteiger partial charge in [-0.3, -0.25) is 24.2 Å². The maximum atomic E-state index is 14.9. The van der Waals surface area contributed by atoms with Gasteiger partial charge in [-0.1, -0.05) is 40.0 Å². The van der Waals surface area contributed by atoms with E-state index in [0.717, 1.165) is 50.0 Å². The highest BCUT2D eigenvalue weighted by atomic mass is 32.1. The van der Waals surface area contributed by atoms with Gasteiger partial charge in [-0.05, 0) is 68.7 Å². The number of fused-ring (bicyclic) bond motifs is 1. The van der Waals surface area contributed by atoms with E-state index in [-0.39, 0.29) is 41.7 Å². The fraction of sp³-hybridized carbons (Fsp3) is 0.649. The van der Waals surface area contributed by atoms with Crippen LogP contribution in [0.1, 0.15) is 100 Å². The van der Waals surface area contributed by atoms with Gasteiger partial charge in [0.15, 0.2) is 0 Å². The second-order valence-electron chi connectivity index (χ2n) is 15.1. The van der Waals surface area contributed by atoms with E-state index in [1.807, 2.05) is 32.6 Å². The van der Waals surface area contributed by atoms with E-state index in [0.29, 0.717) is 41.7 Å². The Kier molecular flexibility index (Phi) is 12.2. The number of carboxylic acid groups (broad SMARTS) is 1. The number of piperazine rings is 1. The molecule has 1 aromatic heterocycles. The van der Waals surface area contributed by atoms with Crippen molar-refractivity contribution >= 4 is 35.0 Å². The zero-order valence-corrected chi connectivity index (χ0v) is 31.0. The standard InChI is InChI=1S/C37H53N5O7S/c1-7-49-28-17-26-18-41(30(20-40(26)19-28)34-38-29(21-50-34)32(43)25-13-15-27(48-6)16-14-25)35(45)31(24-11-9-8-10-12-24)39-33(44)23(2)42(36(46)47)22-37(3,4)5/h13-16,21,23-24,26,28,30-31H,7-12,17-20,22H2,1-6H3,(H,39,44)(H,46,47)/t23-,26+,28+,30-,31-/m0/s1. The minimum Gasteiger partial charge on any atom is -0.497 e. The van der Waals surface area contributed by atoms with Crippen molar-refractivity contribution in [1.82, 2.24) is 25.0 Å². The average molecular weight is 712 g/mol. The van der Waals surface area contributed by atoms with Crippen molar-refractivity contribution in [3.63, 3.8) is 0 Å². The molecule has 5 atom stereocenters. The maximum Gasteiger partial charge on any atom is 0.407 e. The molecule has 12 nitrogen and oxygen atoms in total. The lowest BCUT2D eigenvalue weighted by molar-refractivity contribution is -0.144. The number of hydrogen-bond acceptors (Lipinski definition) is 9. The largest absolute Gasteiger partial charge is 0.497 e. The molecule has 0 radical (unpaired) electrons. The van der Waals surface area contributed by atoms with E-state index in [1.54, 1.807) is 43.7 Å². The number of aromatic nitrogens is 1. The quantitative estimate of drug-likeness (QED) is 0.284. The summed E-state index contributed by atoms with van der Waals surface area (Å²) < 4.78 is 11.2. The molecular weight excluding hydrogens is 659 g/mol. The molecule has 3 heterocycles. The van der Waals surface area contributed by atoms with E-state index in [2.05, 4.69) is 10.2 Å². The summed E-state index contributed by atoms with van der Waals surface area (Å²) in [5.41, 5.74) is 0.451. The molecule has 3 fully saturated rings. The summed E-state index contributed by atoms with van der Waals surface area (Å²) in [7, 11) is 1.57. The van der Waals surface area contributed by atoms with Gasteiger partial charge in [0.1, 0.15) is 28.5 Å². The van der Waals surface area contributed by atoms with Gasteiger partial charge in [-0.15, -0.1) is 11.3 Å². The number of ketones is 1. The molecule has 5 rings (SSSR count). The first kappa shape index (κ1) is 37.7. The van der Waals surface area contributed by atoms with Crippen LogP contribution in [0.3, 0.4) is 0 Å². The van der Waals surface area contributed by atoms with Crippen molar-refractivity contribution in [2.24, 2.45) is 11.3 Å². The molecule has 2 aliphatic heterocycles.